The fourth-order valence-electron chi connectivity index (χ4n) is 1.01. The van der Waals surface area contributed by atoms with Gasteiger partial charge in [0.05, 0.1) is 12.5 Å². The van der Waals surface area contributed by atoms with Crippen molar-refractivity contribution in [2.24, 2.45) is 5.73 Å². The molecule has 13 heavy (non-hydrogen) atoms. The average molecular weight is 215 g/mol. The van der Waals surface area contributed by atoms with Gasteiger partial charge >= 0.3 is 0 Å². The van der Waals surface area contributed by atoms with Gasteiger partial charge in [-0.2, -0.15) is 5.26 Å². The van der Waals surface area contributed by atoms with Gasteiger partial charge in [-0.25, -0.2) is 0 Å². The van der Waals surface area contributed by atoms with Gasteiger partial charge in [-0.05, 0) is 17.7 Å². The van der Waals surface area contributed by atoms with Gasteiger partial charge in [0.2, 0.25) is 0 Å². The summed E-state index contributed by atoms with van der Waals surface area (Å²) in [5.74, 6) is 0. The molecule has 0 aliphatic heterocycles. The zero-order valence-electron chi connectivity index (χ0n) is 6.80. The number of hydrogen-bond acceptors (Lipinski definition) is 2. The van der Waals surface area contributed by atoms with E-state index in [-0.39, 0.29) is 12.5 Å². The lowest BCUT2D eigenvalue weighted by Crippen LogP contribution is -2.09. The van der Waals surface area contributed by atoms with Crippen LogP contribution in [0.25, 0.3) is 0 Å². The highest BCUT2D eigenvalue weighted by Gasteiger charge is 2.09. The fraction of sp³-hybridized carbons (Fsp3) is 0.222. The van der Waals surface area contributed by atoms with Crippen LogP contribution in [0, 0.1) is 11.3 Å². The van der Waals surface area contributed by atoms with Gasteiger partial charge in [0.15, 0.2) is 0 Å². The third-order valence-corrected chi connectivity index (χ3v) is 2.24. The molecule has 1 aromatic rings. The van der Waals surface area contributed by atoms with Crippen LogP contribution in [0.5, 0.6) is 0 Å². The predicted molar refractivity (Wildman–Crippen MR) is 53.6 cm³/mol. The molecule has 0 aliphatic carbocycles. The molecule has 68 valence electrons. The molecule has 4 heteroatoms. The molecule has 1 aromatic carbocycles. The third kappa shape index (κ3) is 2.60. The Bertz CT molecular complexity index is 344. The minimum absolute atomic E-state index is 0.251. The number of benzene rings is 1. The zero-order chi connectivity index (χ0) is 9.84. The van der Waals surface area contributed by atoms with E-state index >= 15 is 0 Å². The van der Waals surface area contributed by atoms with E-state index in [4.69, 9.17) is 34.2 Å². The van der Waals surface area contributed by atoms with Crippen LogP contribution in [0.3, 0.4) is 0 Å². The van der Waals surface area contributed by atoms with Crippen LogP contribution in [-0.2, 0) is 0 Å². The van der Waals surface area contributed by atoms with Crippen LogP contribution in [0.1, 0.15) is 18.0 Å². The number of hydrogen-bond donors (Lipinski definition) is 1. The van der Waals surface area contributed by atoms with Gasteiger partial charge in [0.1, 0.15) is 0 Å². The van der Waals surface area contributed by atoms with Crippen LogP contribution >= 0.6 is 23.2 Å². The molecule has 1 atom stereocenters. The first-order valence-corrected chi connectivity index (χ1v) is 4.48. The van der Waals surface area contributed by atoms with E-state index in [1.54, 1.807) is 18.2 Å². The molecule has 0 amide bonds. The van der Waals surface area contributed by atoms with Crippen molar-refractivity contribution >= 4 is 23.2 Å². The summed E-state index contributed by atoms with van der Waals surface area (Å²) < 4.78 is 0. The third-order valence-electron chi connectivity index (χ3n) is 1.67. The Kier molecular flexibility index (Phi) is 3.56. The van der Waals surface area contributed by atoms with Gasteiger partial charge in [-0.3, -0.25) is 0 Å². The first-order valence-electron chi connectivity index (χ1n) is 3.72. The van der Waals surface area contributed by atoms with E-state index in [1.807, 2.05) is 6.07 Å². The highest BCUT2D eigenvalue weighted by atomic mass is 35.5. The molecule has 0 unspecified atom stereocenters. The molecule has 0 radical (unpaired) electrons. The molecule has 0 heterocycles. The average Bonchev–Trinajstić information content (AvgIpc) is 2.04. The Balaban J connectivity index is 2.96. The Labute approximate surface area is 86.9 Å². The lowest BCUT2D eigenvalue weighted by molar-refractivity contribution is 0.749. The van der Waals surface area contributed by atoms with E-state index in [2.05, 4.69) is 0 Å². The van der Waals surface area contributed by atoms with Crippen LogP contribution < -0.4 is 5.73 Å². The van der Waals surface area contributed by atoms with Crippen LogP contribution in [0.15, 0.2) is 18.2 Å². The number of nitrogens with zero attached hydrogens (tertiary/aromatic N) is 1. The number of rotatable bonds is 2. The lowest BCUT2D eigenvalue weighted by atomic mass is 10.1. The smallest absolute Gasteiger partial charge is 0.0641 e. The second-order valence-electron chi connectivity index (χ2n) is 2.63. The minimum Gasteiger partial charge on any atom is -0.323 e. The maximum absolute atomic E-state index is 8.44. The first-order chi connectivity index (χ1) is 6.15. The molecule has 2 N–H and O–H groups in total. The molecule has 0 fully saturated rings. The highest BCUT2D eigenvalue weighted by molar-refractivity contribution is 6.35. The summed E-state index contributed by atoms with van der Waals surface area (Å²) in [5, 5.41) is 9.52. The van der Waals surface area contributed by atoms with Crippen LogP contribution in [0.2, 0.25) is 10.0 Å². The monoisotopic (exact) mass is 214 g/mol. The Morgan fingerprint density at radius 3 is 2.69 bits per heavy atom. The molecule has 0 saturated heterocycles. The fourth-order valence-corrected chi connectivity index (χ4v) is 1.56. The number of nitrogens with two attached hydrogens (primary N) is 1. The largest absolute Gasteiger partial charge is 0.323 e. The molecule has 0 aromatic heterocycles. The van der Waals surface area contributed by atoms with Crippen LogP contribution in [-0.4, -0.2) is 0 Å². The summed E-state index contributed by atoms with van der Waals surface area (Å²) >= 11 is 11.6. The van der Waals surface area contributed by atoms with Crippen molar-refractivity contribution < 1.29 is 0 Å². The van der Waals surface area contributed by atoms with E-state index in [0.29, 0.717) is 10.0 Å². The van der Waals surface area contributed by atoms with E-state index < -0.39 is 0 Å². The summed E-state index contributed by atoms with van der Waals surface area (Å²) in [6, 6.07) is 6.72. The molecule has 0 spiro atoms. The van der Waals surface area contributed by atoms with Crippen molar-refractivity contribution in [3.05, 3.63) is 33.8 Å². The van der Waals surface area contributed by atoms with Crippen LogP contribution in [0.4, 0.5) is 0 Å². The maximum atomic E-state index is 8.44. The summed E-state index contributed by atoms with van der Waals surface area (Å²) in [5.41, 5.74) is 6.46. The summed E-state index contributed by atoms with van der Waals surface area (Å²) in [4.78, 5) is 0. The topological polar surface area (TPSA) is 49.8 Å². The Morgan fingerprint density at radius 1 is 1.46 bits per heavy atom. The predicted octanol–water partition coefficient (Wildman–Crippen LogP) is 2.91. The Hall–Kier alpha value is -0.750. The van der Waals surface area contributed by atoms with Crippen molar-refractivity contribution in [2.45, 2.75) is 12.5 Å². The zero-order valence-corrected chi connectivity index (χ0v) is 8.31. The second kappa shape index (κ2) is 4.48. The van der Waals surface area contributed by atoms with E-state index in [1.165, 1.54) is 0 Å². The van der Waals surface area contributed by atoms with Crippen molar-refractivity contribution in [3.63, 3.8) is 0 Å². The molecule has 2 nitrogen and oxygen atoms in total. The van der Waals surface area contributed by atoms with Crippen molar-refractivity contribution in [3.8, 4) is 6.07 Å². The van der Waals surface area contributed by atoms with Crippen molar-refractivity contribution in [1.82, 2.24) is 0 Å². The highest BCUT2D eigenvalue weighted by Crippen LogP contribution is 2.26. The SMILES string of the molecule is N#CC[C@@H](N)c1ccc(Cl)cc1Cl. The molecular weight excluding hydrogens is 207 g/mol. The standard InChI is InChI=1S/C9H8Cl2N2/c10-6-1-2-7(8(11)5-6)9(13)3-4-12/h1-2,5,9H,3,13H2/t9-/m1/s1. The van der Waals surface area contributed by atoms with E-state index in [9.17, 15) is 0 Å². The van der Waals surface area contributed by atoms with Gasteiger partial charge in [0.25, 0.3) is 0 Å². The number of nitriles is 1. The Morgan fingerprint density at radius 2 is 2.15 bits per heavy atom. The van der Waals surface area contributed by atoms with Gasteiger partial charge in [-0.1, -0.05) is 29.3 Å². The molecular formula is C9H8Cl2N2. The summed E-state index contributed by atoms with van der Waals surface area (Å²) in [6.07, 6.45) is 0.251. The van der Waals surface area contributed by atoms with Gasteiger partial charge in [0, 0.05) is 16.1 Å². The first kappa shape index (κ1) is 10.3. The maximum Gasteiger partial charge on any atom is 0.0641 e. The molecule has 0 saturated carbocycles. The summed E-state index contributed by atoms with van der Waals surface area (Å²) in [6.45, 7) is 0. The van der Waals surface area contributed by atoms with Crippen molar-refractivity contribution in [1.29, 1.82) is 5.26 Å². The van der Waals surface area contributed by atoms with Crippen molar-refractivity contribution in [2.75, 3.05) is 0 Å². The molecule has 0 aliphatic rings. The molecule has 1 rings (SSSR count). The second-order valence-corrected chi connectivity index (χ2v) is 3.48. The lowest BCUT2D eigenvalue weighted by Gasteiger charge is -2.09. The minimum atomic E-state index is -0.338. The van der Waals surface area contributed by atoms with Gasteiger partial charge < -0.3 is 5.73 Å². The summed E-state index contributed by atoms with van der Waals surface area (Å²) in [7, 11) is 0. The molecule has 0 bridgehead atoms. The number of halogens is 2. The van der Waals surface area contributed by atoms with E-state index in [0.717, 1.165) is 5.56 Å². The van der Waals surface area contributed by atoms with Gasteiger partial charge in [-0.15, -0.1) is 0 Å². The normalized spacial score (nSPS) is 12.2. The quantitative estimate of drug-likeness (QED) is 0.824.